The Kier molecular flexibility index (Phi) is 3.54. The Hall–Kier alpha value is -2.32. The van der Waals surface area contributed by atoms with E-state index in [1.165, 1.54) is 18.4 Å². The molecule has 0 bridgehead atoms. The van der Waals surface area contributed by atoms with Crippen molar-refractivity contribution in [2.24, 2.45) is 0 Å². The van der Waals surface area contributed by atoms with Crippen molar-refractivity contribution >= 4 is 5.91 Å². The van der Waals surface area contributed by atoms with Crippen LogP contribution in [0.15, 0.2) is 29.0 Å². The smallest absolute Gasteiger partial charge is 0.406 e. The maximum Gasteiger partial charge on any atom is 0.406 e. The number of hydrogen-bond acceptors (Lipinski definition) is 4. The summed E-state index contributed by atoms with van der Waals surface area (Å²) in [4.78, 5) is 12.5. The number of carbonyl (C=O) groups excluding carboxylic acids is 1. The number of amides is 1. The lowest BCUT2D eigenvalue weighted by atomic mass is 10.3. The maximum absolute atomic E-state index is 12.5. The second kappa shape index (κ2) is 5.12. The summed E-state index contributed by atoms with van der Waals surface area (Å²) < 4.78 is 42.3. The summed E-state index contributed by atoms with van der Waals surface area (Å²) >= 11 is 0. The van der Waals surface area contributed by atoms with Crippen LogP contribution in [0.5, 0.6) is 0 Å². The fraction of sp³-hybridized carbons (Fsp3) is 0.300. The van der Waals surface area contributed by atoms with Gasteiger partial charge in [0.1, 0.15) is 12.3 Å². The van der Waals surface area contributed by atoms with E-state index in [9.17, 15) is 18.0 Å². The van der Waals surface area contributed by atoms with Gasteiger partial charge in [-0.3, -0.25) is 4.79 Å². The average molecular weight is 274 g/mol. The van der Waals surface area contributed by atoms with Gasteiger partial charge >= 0.3 is 6.18 Å². The highest BCUT2D eigenvalue weighted by Gasteiger charge is 2.34. The van der Waals surface area contributed by atoms with Gasteiger partial charge in [0, 0.05) is 0 Å². The van der Waals surface area contributed by atoms with E-state index in [1.807, 2.05) is 0 Å². The second-order valence-corrected chi connectivity index (χ2v) is 3.71. The minimum absolute atomic E-state index is 0.184. The number of carbonyl (C=O) groups is 1. The molecule has 2 rings (SSSR count). The standard InChI is InChI=1S/C10H9F3N4O2/c11-10(12,13)6-17(5-7-2-1-3-19-7)9(18)8-4-14-16-15-8/h1-4H,5-6H2,(H,14,15,16). The summed E-state index contributed by atoms with van der Waals surface area (Å²) in [5.74, 6) is -0.622. The molecule has 0 aliphatic carbocycles. The van der Waals surface area contributed by atoms with Crippen LogP contribution in [0.2, 0.25) is 0 Å². The van der Waals surface area contributed by atoms with Crippen LogP contribution in [0.25, 0.3) is 0 Å². The first-order chi connectivity index (χ1) is 8.96. The number of alkyl halides is 3. The van der Waals surface area contributed by atoms with Crippen LogP contribution in [-0.2, 0) is 6.54 Å². The van der Waals surface area contributed by atoms with Crippen molar-refractivity contribution < 1.29 is 22.4 Å². The van der Waals surface area contributed by atoms with E-state index >= 15 is 0 Å². The second-order valence-electron chi connectivity index (χ2n) is 3.71. The zero-order chi connectivity index (χ0) is 13.9. The van der Waals surface area contributed by atoms with E-state index in [0.29, 0.717) is 4.90 Å². The molecule has 0 saturated carbocycles. The third-order valence-electron chi connectivity index (χ3n) is 2.22. The molecule has 1 N–H and O–H groups in total. The Morgan fingerprint density at radius 2 is 2.26 bits per heavy atom. The normalized spacial score (nSPS) is 11.5. The van der Waals surface area contributed by atoms with Crippen LogP contribution in [0, 0.1) is 0 Å². The van der Waals surface area contributed by atoms with Gasteiger partial charge in [-0.25, -0.2) is 0 Å². The summed E-state index contributed by atoms with van der Waals surface area (Å²) in [6.45, 7) is -1.68. The summed E-state index contributed by atoms with van der Waals surface area (Å²) in [5, 5.41) is 9.04. The Bertz CT molecular complexity index is 521. The summed E-state index contributed by atoms with van der Waals surface area (Å²) in [6, 6.07) is 3.02. The number of nitrogens with zero attached hydrogens (tertiary/aromatic N) is 3. The first-order valence-corrected chi connectivity index (χ1v) is 5.20. The molecule has 2 heterocycles. The number of nitrogens with one attached hydrogen (secondary N) is 1. The van der Waals surface area contributed by atoms with Crippen molar-refractivity contribution in [1.82, 2.24) is 20.3 Å². The average Bonchev–Trinajstić information content (AvgIpc) is 2.98. The molecule has 0 radical (unpaired) electrons. The molecule has 102 valence electrons. The Morgan fingerprint density at radius 3 is 2.79 bits per heavy atom. The molecular formula is C10H9F3N4O2. The molecule has 0 spiro atoms. The van der Waals surface area contributed by atoms with E-state index in [2.05, 4.69) is 15.4 Å². The third-order valence-corrected chi connectivity index (χ3v) is 2.22. The van der Waals surface area contributed by atoms with E-state index in [-0.39, 0.29) is 18.0 Å². The molecule has 0 unspecified atom stereocenters. The van der Waals surface area contributed by atoms with Gasteiger partial charge in [-0.2, -0.15) is 28.6 Å². The van der Waals surface area contributed by atoms with E-state index < -0.39 is 18.6 Å². The summed E-state index contributed by atoms with van der Waals surface area (Å²) in [6.07, 6.45) is -2.12. The van der Waals surface area contributed by atoms with Gasteiger partial charge < -0.3 is 9.32 Å². The van der Waals surface area contributed by atoms with Crippen LogP contribution in [0.4, 0.5) is 13.2 Å². The molecule has 0 aliphatic heterocycles. The molecule has 19 heavy (non-hydrogen) atoms. The fourth-order valence-electron chi connectivity index (χ4n) is 1.47. The zero-order valence-electron chi connectivity index (χ0n) is 9.52. The number of aromatic nitrogens is 3. The maximum atomic E-state index is 12.5. The fourth-order valence-corrected chi connectivity index (χ4v) is 1.47. The van der Waals surface area contributed by atoms with Crippen molar-refractivity contribution in [3.63, 3.8) is 0 Å². The highest BCUT2D eigenvalue weighted by atomic mass is 19.4. The number of halogens is 3. The summed E-state index contributed by atoms with van der Waals surface area (Å²) in [7, 11) is 0. The topological polar surface area (TPSA) is 75.0 Å². The monoisotopic (exact) mass is 274 g/mol. The molecule has 6 nitrogen and oxygen atoms in total. The Morgan fingerprint density at radius 1 is 1.47 bits per heavy atom. The van der Waals surface area contributed by atoms with Crippen LogP contribution in [0.1, 0.15) is 16.2 Å². The Labute approximate surface area is 105 Å². The number of furan rings is 1. The molecule has 0 fully saturated rings. The van der Waals surface area contributed by atoms with Crippen molar-refractivity contribution in [1.29, 1.82) is 0 Å². The number of aromatic amines is 1. The van der Waals surface area contributed by atoms with Crippen molar-refractivity contribution in [2.75, 3.05) is 6.54 Å². The Balaban J connectivity index is 2.16. The van der Waals surface area contributed by atoms with Gasteiger partial charge in [-0.05, 0) is 12.1 Å². The third kappa shape index (κ3) is 3.57. The van der Waals surface area contributed by atoms with Gasteiger partial charge in [-0.1, -0.05) is 0 Å². The highest BCUT2D eigenvalue weighted by molar-refractivity contribution is 5.91. The molecule has 2 aromatic heterocycles. The van der Waals surface area contributed by atoms with Gasteiger partial charge in [0.2, 0.25) is 0 Å². The quantitative estimate of drug-likeness (QED) is 0.918. The molecule has 0 aliphatic rings. The minimum atomic E-state index is -4.51. The molecule has 0 atom stereocenters. The lowest BCUT2D eigenvalue weighted by molar-refractivity contribution is -0.142. The van der Waals surface area contributed by atoms with Gasteiger partial charge in [-0.15, -0.1) is 0 Å². The summed E-state index contributed by atoms with van der Waals surface area (Å²) in [5.41, 5.74) is -0.184. The first kappa shape index (κ1) is 13.1. The number of rotatable bonds is 4. The van der Waals surface area contributed by atoms with Crippen LogP contribution < -0.4 is 0 Å². The molecule has 9 heteroatoms. The van der Waals surface area contributed by atoms with Gasteiger partial charge in [0.25, 0.3) is 5.91 Å². The van der Waals surface area contributed by atoms with Crippen molar-refractivity contribution in [2.45, 2.75) is 12.7 Å². The predicted molar refractivity (Wildman–Crippen MR) is 55.9 cm³/mol. The van der Waals surface area contributed by atoms with Crippen LogP contribution >= 0.6 is 0 Å². The van der Waals surface area contributed by atoms with E-state index in [0.717, 1.165) is 6.20 Å². The number of hydrogen-bond donors (Lipinski definition) is 1. The molecule has 0 saturated heterocycles. The first-order valence-electron chi connectivity index (χ1n) is 5.20. The van der Waals surface area contributed by atoms with Gasteiger partial charge in [0.05, 0.1) is 19.0 Å². The van der Waals surface area contributed by atoms with E-state index in [1.54, 1.807) is 0 Å². The zero-order valence-corrected chi connectivity index (χ0v) is 9.52. The van der Waals surface area contributed by atoms with E-state index in [4.69, 9.17) is 4.42 Å². The minimum Gasteiger partial charge on any atom is -0.467 e. The lowest BCUT2D eigenvalue weighted by Crippen LogP contribution is -2.38. The van der Waals surface area contributed by atoms with Crippen molar-refractivity contribution in [3.8, 4) is 0 Å². The molecule has 2 aromatic rings. The van der Waals surface area contributed by atoms with Crippen LogP contribution in [0.3, 0.4) is 0 Å². The lowest BCUT2D eigenvalue weighted by Gasteiger charge is -2.21. The highest BCUT2D eigenvalue weighted by Crippen LogP contribution is 2.19. The number of H-pyrrole nitrogens is 1. The van der Waals surface area contributed by atoms with Crippen molar-refractivity contribution in [3.05, 3.63) is 36.0 Å². The SMILES string of the molecule is O=C(c1cn[nH]n1)N(Cc1ccco1)CC(F)(F)F. The molecule has 0 aromatic carbocycles. The predicted octanol–water partition coefficient (Wildman–Crippen LogP) is 1.60. The molecule has 1 amide bonds. The largest absolute Gasteiger partial charge is 0.467 e. The van der Waals surface area contributed by atoms with Crippen LogP contribution in [-0.4, -0.2) is 38.9 Å². The van der Waals surface area contributed by atoms with Gasteiger partial charge in [0.15, 0.2) is 5.69 Å². The molecular weight excluding hydrogens is 265 g/mol.